The summed E-state index contributed by atoms with van der Waals surface area (Å²) in [4.78, 5) is 6.72. The molecule has 2 fully saturated rings. The molecular formula is C13H21N3O2. The molecule has 2 aliphatic rings. The third-order valence-corrected chi connectivity index (χ3v) is 4.26. The van der Waals surface area contributed by atoms with Gasteiger partial charge in [-0.05, 0) is 38.6 Å². The molecular weight excluding hydrogens is 230 g/mol. The fourth-order valence-electron chi connectivity index (χ4n) is 2.51. The maximum Gasteiger partial charge on any atom is 0.243 e. The molecule has 3 atom stereocenters. The Balaban J connectivity index is 1.67. The second kappa shape index (κ2) is 4.63. The molecule has 1 aliphatic carbocycles. The van der Waals surface area contributed by atoms with Gasteiger partial charge in [-0.2, -0.15) is 4.98 Å². The van der Waals surface area contributed by atoms with Crippen molar-refractivity contribution in [1.82, 2.24) is 15.0 Å². The van der Waals surface area contributed by atoms with E-state index in [1.807, 2.05) is 0 Å². The average molecular weight is 251 g/mol. The van der Waals surface area contributed by atoms with E-state index in [4.69, 9.17) is 4.52 Å². The van der Waals surface area contributed by atoms with Gasteiger partial charge in [0.05, 0.1) is 12.1 Å². The first-order chi connectivity index (χ1) is 8.65. The lowest BCUT2D eigenvalue weighted by molar-refractivity contribution is 0.00707. The standard InChI is InChI=1S/C13H21N3O2/c1-8-5-6-16(7-11(8)17)9(2)13-14-12(15-18-13)10-3-4-10/h8-11,17H,3-7H2,1-2H3. The molecule has 100 valence electrons. The van der Waals surface area contributed by atoms with Gasteiger partial charge in [-0.3, -0.25) is 4.90 Å². The van der Waals surface area contributed by atoms with E-state index in [0.29, 0.717) is 24.3 Å². The topological polar surface area (TPSA) is 62.4 Å². The molecule has 3 rings (SSSR count). The van der Waals surface area contributed by atoms with Crippen LogP contribution in [0.3, 0.4) is 0 Å². The molecule has 1 aromatic heterocycles. The van der Waals surface area contributed by atoms with Crippen molar-refractivity contribution in [3.8, 4) is 0 Å². The van der Waals surface area contributed by atoms with E-state index in [1.54, 1.807) is 0 Å². The van der Waals surface area contributed by atoms with Crippen LogP contribution in [0.25, 0.3) is 0 Å². The lowest BCUT2D eigenvalue weighted by atomic mass is 9.95. The van der Waals surface area contributed by atoms with Crippen molar-refractivity contribution < 1.29 is 9.63 Å². The minimum absolute atomic E-state index is 0.104. The Kier molecular flexibility index (Phi) is 3.11. The van der Waals surface area contributed by atoms with Crippen LogP contribution in [0.15, 0.2) is 4.52 Å². The summed E-state index contributed by atoms with van der Waals surface area (Å²) in [5, 5.41) is 14.0. The van der Waals surface area contributed by atoms with E-state index in [0.717, 1.165) is 18.8 Å². The van der Waals surface area contributed by atoms with Crippen LogP contribution in [0, 0.1) is 5.92 Å². The summed E-state index contributed by atoms with van der Waals surface area (Å²) < 4.78 is 5.36. The number of aromatic nitrogens is 2. The molecule has 1 saturated carbocycles. The van der Waals surface area contributed by atoms with E-state index in [-0.39, 0.29) is 12.1 Å². The van der Waals surface area contributed by atoms with Crippen LogP contribution in [0.5, 0.6) is 0 Å². The Morgan fingerprint density at radius 3 is 2.83 bits per heavy atom. The SMILES string of the molecule is CC1CCN(C(C)c2nc(C3CC3)no2)CC1O. The van der Waals surface area contributed by atoms with Crippen molar-refractivity contribution in [2.45, 2.75) is 51.2 Å². The molecule has 0 aromatic carbocycles. The van der Waals surface area contributed by atoms with Gasteiger partial charge in [-0.1, -0.05) is 12.1 Å². The number of hydrogen-bond acceptors (Lipinski definition) is 5. The number of aliphatic hydroxyl groups excluding tert-OH is 1. The normalized spacial score (nSPS) is 31.5. The molecule has 0 radical (unpaired) electrons. The highest BCUT2D eigenvalue weighted by Gasteiger charge is 2.33. The summed E-state index contributed by atoms with van der Waals surface area (Å²) in [5.41, 5.74) is 0. The van der Waals surface area contributed by atoms with Crippen LogP contribution in [-0.4, -0.2) is 39.3 Å². The predicted octanol–water partition coefficient (Wildman–Crippen LogP) is 1.71. The van der Waals surface area contributed by atoms with Crippen molar-refractivity contribution in [1.29, 1.82) is 0 Å². The maximum absolute atomic E-state index is 9.94. The molecule has 0 amide bonds. The second-order valence-corrected chi connectivity index (χ2v) is 5.77. The first kappa shape index (κ1) is 12.1. The molecule has 1 aromatic rings. The number of rotatable bonds is 3. The van der Waals surface area contributed by atoms with Gasteiger partial charge in [-0.15, -0.1) is 0 Å². The number of hydrogen-bond donors (Lipinski definition) is 1. The van der Waals surface area contributed by atoms with Gasteiger partial charge >= 0.3 is 0 Å². The molecule has 1 N–H and O–H groups in total. The summed E-state index contributed by atoms with van der Waals surface area (Å²) in [6.07, 6.45) is 3.16. The summed E-state index contributed by atoms with van der Waals surface area (Å²) in [5.74, 6) is 2.47. The molecule has 2 heterocycles. The van der Waals surface area contributed by atoms with E-state index in [1.165, 1.54) is 12.8 Å². The molecule has 0 spiro atoms. The summed E-state index contributed by atoms with van der Waals surface area (Å²) in [6.45, 7) is 5.86. The highest BCUT2D eigenvalue weighted by atomic mass is 16.5. The Morgan fingerprint density at radius 2 is 2.17 bits per heavy atom. The smallest absolute Gasteiger partial charge is 0.243 e. The Morgan fingerprint density at radius 1 is 1.39 bits per heavy atom. The average Bonchev–Trinajstić information content (AvgIpc) is 3.10. The quantitative estimate of drug-likeness (QED) is 0.886. The molecule has 5 nitrogen and oxygen atoms in total. The van der Waals surface area contributed by atoms with Crippen LogP contribution < -0.4 is 0 Å². The number of likely N-dealkylation sites (tertiary alicyclic amines) is 1. The lowest BCUT2D eigenvalue weighted by Gasteiger charge is -2.36. The summed E-state index contributed by atoms with van der Waals surface area (Å²) in [7, 11) is 0. The van der Waals surface area contributed by atoms with Gasteiger partial charge < -0.3 is 9.63 Å². The van der Waals surface area contributed by atoms with Crippen molar-refractivity contribution in [2.24, 2.45) is 5.92 Å². The minimum Gasteiger partial charge on any atom is -0.392 e. The van der Waals surface area contributed by atoms with Gasteiger partial charge in [-0.25, -0.2) is 0 Å². The third-order valence-electron chi connectivity index (χ3n) is 4.26. The zero-order valence-electron chi connectivity index (χ0n) is 11.0. The van der Waals surface area contributed by atoms with Gasteiger partial charge in [0, 0.05) is 12.5 Å². The monoisotopic (exact) mass is 251 g/mol. The Bertz CT molecular complexity index is 416. The second-order valence-electron chi connectivity index (χ2n) is 5.77. The van der Waals surface area contributed by atoms with Crippen LogP contribution in [0.1, 0.15) is 56.8 Å². The first-order valence-corrected chi connectivity index (χ1v) is 6.90. The summed E-state index contributed by atoms with van der Waals surface area (Å²) >= 11 is 0. The molecule has 18 heavy (non-hydrogen) atoms. The maximum atomic E-state index is 9.94. The number of piperidine rings is 1. The van der Waals surface area contributed by atoms with Crippen LogP contribution in [-0.2, 0) is 0 Å². The van der Waals surface area contributed by atoms with Crippen molar-refractivity contribution >= 4 is 0 Å². The highest BCUT2D eigenvalue weighted by Crippen LogP contribution is 2.38. The fraction of sp³-hybridized carbons (Fsp3) is 0.846. The van der Waals surface area contributed by atoms with Gasteiger partial charge in [0.1, 0.15) is 0 Å². The van der Waals surface area contributed by atoms with Crippen LogP contribution in [0.2, 0.25) is 0 Å². The van der Waals surface area contributed by atoms with Crippen LogP contribution in [0.4, 0.5) is 0 Å². The van der Waals surface area contributed by atoms with E-state index in [2.05, 4.69) is 28.9 Å². The number of aliphatic hydroxyl groups is 1. The molecule has 1 aliphatic heterocycles. The highest BCUT2D eigenvalue weighted by molar-refractivity contribution is 5.05. The fourth-order valence-corrected chi connectivity index (χ4v) is 2.51. The van der Waals surface area contributed by atoms with Crippen LogP contribution >= 0.6 is 0 Å². The van der Waals surface area contributed by atoms with Gasteiger partial charge in [0.15, 0.2) is 5.82 Å². The lowest BCUT2D eigenvalue weighted by Crippen LogP contribution is -2.43. The van der Waals surface area contributed by atoms with Crippen molar-refractivity contribution in [3.05, 3.63) is 11.7 Å². The summed E-state index contributed by atoms with van der Waals surface area (Å²) in [6, 6.07) is 0.104. The van der Waals surface area contributed by atoms with E-state index >= 15 is 0 Å². The van der Waals surface area contributed by atoms with E-state index in [9.17, 15) is 5.11 Å². The Hall–Kier alpha value is -0.940. The van der Waals surface area contributed by atoms with Crippen molar-refractivity contribution in [2.75, 3.05) is 13.1 Å². The Labute approximate surface area is 107 Å². The predicted molar refractivity (Wildman–Crippen MR) is 66.0 cm³/mol. The van der Waals surface area contributed by atoms with E-state index < -0.39 is 0 Å². The number of nitrogens with zero attached hydrogens (tertiary/aromatic N) is 3. The molecule has 3 unspecified atom stereocenters. The molecule has 0 bridgehead atoms. The zero-order valence-corrected chi connectivity index (χ0v) is 11.0. The third kappa shape index (κ3) is 2.29. The van der Waals surface area contributed by atoms with Gasteiger partial charge in [0.25, 0.3) is 0 Å². The minimum atomic E-state index is -0.243. The van der Waals surface area contributed by atoms with Gasteiger partial charge in [0.2, 0.25) is 5.89 Å². The molecule has 1 saturated heterocycles. The zero-order chi connectivity index (χ0) is 12.7. The largest absolute Gasteiger partial charge is 0.392 e. The first-order valence-electron chi connectivity index (χ1n) is 6.90. The van der Waals surface area contributed by atoms with Crippen molar-refractivity contribution in [3.63, 3.8) is 0 Å². The number of β-amino-alcohol motifs (C(OH)–C–C–N with tert-alkyl or cyclic N) is 1. The molecule has 5 heteroatoms.